The molecule has 13 atom stereocenters. The molecule has 0 aromatic heterocycles. The maximum Gasteiger partial charge on any atom is 0.187 e. The Morgan fingerprint density at radius 2 is 1.17 bits per heavy atom. The van der Waals surface area contributed by atoms with Crippen LogP contribution in [0, 0.1) is 0 Å². The van der Waals surface area contributed by atoms with Gasteiger partial charge in [0.15, 0.2) is 18.9 Å². The summed E-state index contributed by atoms with van der Waals surface area (Å²) in [6.07, 6.45) is -18.7. The summed E-state index contributed by atoms with van der Waals surface area (Å²) >= 11 is 0. The van der Waals surface area contributed by atoms with E-state index in [4.69, 9.17) is 23.7 Å². The molecule has 0 aromatic carbocycles. The van der Waals surface area contributed by atoms with Gasteiger partial charge in [0.25, 0.3) is 0 Å². The van der Waals surface area contributed by atoms with Crippen molar-refractivity contribution in [3.8, 4) is 0 Å². The number of hydrogen-bond donors (Lipinski definition) is 8. The minimum Gasteiger partial charge on any atom is -0.388 e. The fraction of sp³-hybridized carbons (Fsp3) is 1.00. The topological polar surface area (TPSA) is 208 Å². The zero-order valence-corrected chi connectivity index (χ0v) is 15.5. The van der Waals surface area contributed by atoms with Crippen molar-refractivity contribution >= 4 is 0 Å². The molecule has 0 spiro atoms. The van der Waals surface area contributed by atoms with Gasteiger partial charge in [-0.1, -0.05) is 0 Å². The summed E-state index contributed by atoms with van der Waals surface area (Å²) in [5, 5.41) is 79.4. The third-order valence-corrected chi connectivity index (χ3v) is 5.26. The number of aliphatic hydroxyl groups is 8. The SMILES string of the molecule is C[C@@H]1O[C@@H](O[C@@H]2[C@@H](O)[C@H](O)CO[C@H]2O)[C@H](O)[C@H](O)[C@H]1O[C@@H]1OC[C@@H](O)[C@H](O)[C@H]1O. The average molecular weight is 428 g/mol. The Labute approximate surface area is 165 Å². The van der Waals surface area contributed by atoms with Gasteiger partial charge < -0.3 is 64.5 Å². The zero-order valence-electron chi connectivity index (χ0n) is 15.5. The van der Waals surface area contributed by atoms with Gasteiger partial charge in [-0.3, -0.25) is 0 Å². The van der Waals surface area contributed by atoms with Gasteiger partial charge in [-0.15, -0.1) is 0 Å². The van der Waals surface area contributed by atoms with Gasteiger partial charge in [0.1, 0.15) is 54.9 Å². The predicted molar refractivity (Wildman–Crippen MR) is 87.8 cm³/mol. The molecule has 13 nitrogen and oxygen atoms in total. The lowest BCUT2D eigenvalue weighted by molar-refractivity contribution is -0.367. The molecule has 0 saturated carbocycles. The van der Waals surface area contributed by atoms with Crippen LogP contribution in [0.25, 0.3) is 0 Å². The van der Waals surface area contributed by atoms with Crippen molar-refractivity contribution in [2.45, 2.75) is 86.8 Å². The molecule has 3 fully saturated rings. The first-order valence-electron chi connectivity index (χ1n) is 9.26. The van der Waals surface area contributed by atoms with Crippen molar-refractivity contribution in [3.05, 3.63) is 0 Å². The Morgan fingerprint density at radius 1 is 0.621 bits per heavy atom. The predicted octanol–water partition coefficient (Wildman–Crippen LogP) is -5.27. The maximum absolute atomic E-state index is 10.4. The molecule has 3 heterocycles. The highest BCUT2D eigenvalue weighted by atomic mass is 16.7. The van der Waals surface area contributed by atoms with Gasteiger partial charge in [-0.25, -0.2) is 0 Å². The molecular formula is C16H28O13. The average Bonchev–Trinajstić information content (AvgIpc) is 2.68. The number of rotatable bonds is 4. The van der Waals surface area contributed by atoms with Crippen molar-refractivity contribution < 1.29 is 64.5 Å². The lowest BCUT2D eigenvalue weighted by atomic mass is 9.98. The minimum atomic E-state index is -1.70. The van der Waals surface area contributed by atoms with Gasteiger partial charge in [0.05, 0.1) is 19.3 Å². The van der Waals surface area contributed by atoms with Crippen molar-refractivity contribution in [1.82, 2.24) is 0 Å². The van der Waals surface area contributed by atoms with Crippen LogP contribution in [0.2, 0.25) is 0 Å². The molecular weight excluding hydrogens is 400 g/mol. The molecule has 0 aliphatic carbocycles. The first-order valence-corrected chi connectivity index (χ1v) is 9.26. The molecule has 170 valence electrons. The summed E-state index contributed by atoms with van der Waals surface area (Å²) < 4.78 is 26.3. The summed E-state index contributed by atoms with van der Waals surface area (Å²) in [6.45, 7) is 0.847. The van der Waals surface area contributed by atoms with Crippen LogP contribution in [0.1, 0.15) is 6.92 Å². The smallest absolute Gasteiger partial charge is 0.187 e. The third kappa shape index (κ3) is 4.72. The van der Waals surface area contributed by atoms with Gasteiger partial charge in [0, 0.05) is 0 Å². The second kappa shape index (κ2) is 9.32. The molecule has 0 radical (unpaired) electrons. The molecule has 0 amide bonds. The quantitative estimate of drug-likeness (QED) is 0.211. The van der Waals surface area contributed by atoms with E-state index in [0.29, 0.717) is 0 Å². The fourth-order valence-electron chi connectivity index (χ4n) is 3.44. The molecule has 0 aromatic rings. The largest absolute Gasteiger partial charge is 0.388 e. The van der Waals surface area contributed by atoms with E-state index in [1.807, 2.05) is 0 Å². The van der Waals surface area contributed by atoms with Gasteiger partial charge in [-0.2, -0.15) is 0 Å². The van der Waals surface area contributed by atoms with E-state index in [9.17, 15) is 40.9 Å². The standard InChI is InChI=1S/C16H28O13/c1-4-12(28-15-10(22)7(19)5(17)3-26-15)9(21)11(23)16(27-4)29-13-8(20)6(18)2-25-14(13)24/h4-24H,2-3H2,1H3/t4-,5+,6+,7-,8-,9-,10+,11+,12-,13+,14+,15-,16-/m0/s1. The van der Waals surface area contributed by atoms with Crippen molar-refractivity contribution in [1.29, 1.82) is 0 Å². The molecule has 3 aliphatic rings. The van der Waals surface area contributed by atoms with E-state index in [0.717, 1.165) is 0 Å². The number of ether oxygens (including phenoxy) is 5. The maximum atomic E-state index is 10.4. The molecule has 0 unspecified atom stereocenters. The van der Waals surface area contributed by atoms with Crippen LogP contribution in [0.4, 0.5) is 0 Å². The lowest BCUT2D eigenvalue weighted by Crippen LogP contribution is -2.63. The van der Waals surface area contributed by atoms with Gasteiger partial charge >= 0.3 is 0 Å². The van der Waals surface area contributed by atoms with Gasteiger partial charge in [-0.05, 0) is 6.92 Å². The summed E-state index contributed by atoms with van der Waals surface area (Å²) in [5.74, 6) is 0. The minimum absolute atomic E-state index is 0.310. The highest BCUT2D eigenvalue weighted by Gasteiger charge is 2.50. The Bertz CT molecular complexity index is 537. The second-order valence-electron chi connectivity index (χ2n) is 7.42. The zero-order chi connectivity index (χ0) is 21.5. The molecule has 0 bridgehead atoms. The van der Waals surface area contributed by atoms with Crippen LogP contribution in [-0.4, -0.2) is 134 Å². The summed E-state index contributed by atoms with van der Waals surface area (Å²) in [6, 6.07) is 0. The van der Waals surface area contributed by atoms with Crippen molar-refractivity contribution in [2.24, 2.45) is 0 Å². The van der Waals surface area contributed by atoms with E-state index < -0.39 is 79.9 Å². The first-order chi connectivity index (χ1) is 13.6. The van der Waals surface area contributed by atoms with Crippen LogP contribution in [0.3, 0.4) is 0 Å². The number of hydrogen-bond acceptors (Lipinski definition) is 13. The number of aliphatic hydroxyl groups excluding tert-OH is 8. The summed E-state index contributed by atoms with van der Waals surface area (Å²) in [5.41, 5.74) is 0. The Balaban J connectivity index is 1.63. The highest BCUT2D eigenvalue weighted by Crippen LogP contribution is 2.30. The first kappa shape index (κ1) is 23.1. The van der Waals surface area contributed by atoms with E-state index >= 15 is 0 Å². The molecule has 3 saturated heterocycles. The normalized spacial score (nSPS) is 54.3. The van der Waals surface area contributed by atoms with E-state index in [-0.39, 0.29) is 13.2 Å². The van der Waals surface area contributed by atoms with E-state index in [2.05, 4.69) is 0 Å². The lowest BCUT2D eigenvalue weighted by Gasteiger charge is -2.46. The fourth-order valence-corrected chi connectivity index (χ4v) is 3.44. The van der Waals surface area contributed by atoms with Crippen molar-refractivity contribution in [2.75, 3.05) is 13.2 Å². The second-order valence-corrected chi connectivity index (χ2v) is 7.42. The molecule has 29 heavy (non-hydrogen) atoms. The van der Waals surface area contributed by atoms with Crippen LogP contribution in [0.5, 0.6) is 0 Å². The van der Waals surface area contributed by atoms with E-state index in [1.165, 1.54) is 6.92 Å². The molecule has 13 heteroatoms. The third-order valence-electron chi connectivity index (χ3n) is 5.26. The Kier molecular flexibility index (Phi) is 7.44. The molecule has 8 N–H and O–H groups in total. The van der Waals surface area contributed by atoms with Crippen LogP contribution in [0.15, 0.2) is 0 Å². The summed E-state index contributed by atoms with van der Waals surface area (Å²) in [7, 11) is 0. The molecule has 3 rings (SSSR count). The Morgan fingerprint density at radius 3 is 1.86 bits per heavy atom. The monoisotopic (exact) mass is 428 g/mol. The summed E-state index contributed by atoms with van der Waals surface area (Å²) in [4.78, 5) is 0. The molecule has 3 aliphatic heterocycles. The Hall–Kier alpha value is -0.520. The van der Waals surface area contributed by atoms with Crippen LogP contribution in [-0.2, 0) is 23.7 Å². The van der Waals surface area contributed by atoms with Crippen LogP contribution < -0.4 is 0 Å². The highest BCUT2D eigenvalue weighted by molar-refractivity contribution is 4.92. The van der Waals surface area contributed by atoms with Crippen molar-refractivity contribution in [3.63, 3.8) is 0 Å². The van der Waals surface area contributed by atoms with Gasteiger partial charge in [0.2, 0.25) is 0 Å². The van der Waals surface area contributed by atoms with Crippen LogP contribution >= 0.6 is 0 Å². The van der Waals surface area contributed by atoms with E-state index in [1.54, 1.807) is 0 Å².